The summed E-state index contributed by atoms with van der Waals surface area (Å²) in [6.45, 7) is 10.4. The Balaban J connectivity index is 1.21. The van der Waals surface area contributed by atoms with Gasteiger partial charge in [0.15, 0.2) is 11.6 Å². The van der Waals surface area contributed by atoms with Gasteiger partial charge in [-0.05, 0) is 106 Å². The Labute approximate surface area is 271 Å². The lowest BCUT2D eigenvalue weighted by molar-refractivity contribution is -0.354. The summed E-state index contributed by atoms with van der Waals surface area (Å²) in [6, 6.07) is 11.4. The van der Waals surface area contributed by atoms with E-state index in [-0.39, 0.29) is 17.3 Å². The minimum atomic E-state index is -0.713. The Morgan fingerprint density at radius 1 is 0.978 bits per heavy atom. The molecule has 1 atom stereocenters. The van der Waals surface area contributed by atoms with E-state index in [0.717, 1.165) is 88.7 Å². The number of benzene rings is 2. The standard InChI is InChI=1S/C37H47FO8/c1-4-7-10-21-37(46-43-24-5-2)36(45-37)22-19-28(20-23-36)30-15-18-33(32(38)27-30)44-35(40)29-13-16-31(17-14-29)41-25-11-8-9-12-26-42-34(39)6-3/h5-6,13-18,27-28H,2-4,7-12,19-26H2,1H3. The smallest absolute Gasteiger partial charge is 0.343 e. The highest BCUT2D eigenvalue weighted by molar-refractivity contribution is 5.91. The molecule has 0 bridgehead atoms. The molecule has 1 unspecified atom stereocenters. The Hall–Kier alpha value is -3.53. The van der Waals surface area contributed by atoms with Gasteiger partial charge in [0.25, 0.3) is 0 Å². The van der Waals surface area contributed by atoms with E-state index >= 15 is 4.39 Å². The first-order valence-electron chi connectivity index (χ1n) is 16.5. The molecule has 46 heavy (non-hydrogen) atoms. The van der Waals surface area contributed by atoms with Gasteiger partial charge >= 0.3 is 11.9 Å². The van der Waals surface area contributed by atoms with E-state index in [9.17, 15) is 9.59 Å². The summed E-state index contributed by atoms with van der Waals surface area (Å²) < 4.78 is 37.5. The zero-order chi connectivity index (χ0) is 32.8. The van der Waals surface area contributed by atoms with Crippen LogP contribution in [-0.2, 0) is 24.0 Å². The number of hydrogen-bond acceptors (Lipinski definition) is 8. The SMILES string of the molecule is C=CCOOC1(CCCCC)OC12CCC(c1ccc(OC(=O)c3ccc(OCCCCCCOC(=O)C=C)cc3)c(F)c1)CC2. The first-order chi connectivity index (χ1) is 22.3. The van der Waals surface area contributed by atoms with Crippen molar-refractivity contribution in [1.29, 1.82) is 0 Å². The van der Waals surface area contributed by atoms with Crippen molar-refractivity contribution in [2.45, 2.75) is 101 Å². The quantitative estimate of drug-likeness (QED) is 0.0208. The van der Waals surface area contributed by atoms with Crippen LogP contribution in [0, 0.1) is 5.82 Å². The summed E-state index contributed by atoms with van der Waals surface area (Å²) in [6.07, 6.45) is 13.6. The number of esters is 2. The van der Waals surface area contributed by atoms with Crippen LogP contribution in [0.5, 0.6) is 11.5 Å². The van der Waals surface area contributed by atoms with Gasteiger partial charge in [0.2, 0.25) is 5.79 Å². The number of rotatable bonds is 20. The van der Waals surface area contributed by atoms with Gasteiger partial charge in [-0.3, -0.25) is 0 Å². The van der Waals surface area contributed by atoms with Crippen molar-refractivity contribution in [3.63, 3.8) is 0 Å². The van der Waals surface area contributed by atoms with E-state index in [1.807, 2.05) is 6.07 Å². The van der Waals surface area contributed by atoms with E-state index in [2.05, 4.69) is 20.1 Å². The fraction of sp³-hybridized carbons (Fsp3) is 0.514. The third kappa shape index (κ3) is 9.50. The summed E-state index contributed by atoms with van der Waals surface area (Å²) in [5, 5.41) is 0. The van der Waals surface area contributed by atoms with Crippen LogP contribution in [0.2, 0.25) is 0 Å². The second kappa shape index (κ2) is 17.4. The average molecular weight is 639 g/mol. The number of unbranched alkanes of at least 4 members (excludes halogenated alkanes) is 5. The van der Waals surface area contributed by atoms with Gasteiger partial charge in [0, 0.05) is 12.5 Å². The number of ether oxygens (including phenoxy) is 4. The van der Waals surface area contributed by atoms with Gasteiger partial charge in [-0.15, -0.1) is 6.58 Å². The molecule has 2 aromatic rings. The van der Waals surface area contributed by atoms with Gasteiger partial charge in [0.05, 0.1) is 18.8 Å². The van der Waals surface area contributed by atoms with Crippen molar-refractivity contribution < 1.29 is 42.7 Å². The van der Waals surface area contributed by atoms with Crippen LogP contribution in [0.4, 0.5) is 4.39 Å². The summed E-state index contributed by atoms with van der Waals surface area (Å²) in [7, 11) is 0. The molecule has 1 spiro atoms. The first-order valence-corrected chi connectivity index (χ1v) is 16.5. The molecule has 1 saturated heterocycles. The number of epoxide rings is 1. The molecule has 2 aromatic carbocycles. The number of carbonyl (C=O) groups is 2. The molecule has 9 heteroatoms. The molecular formula is C37H47FO8. The predicted octanol–water partition coefficient (Wildman–Crippen LogP) is 8.55. The lowest BCUT2D eigenvalue weighted by atomic mass is 9.75. The van der Waals surface area contributed by atoms with E-state index in [4.69, 9.17) is 28.7 Å². The summed E-state index contributed by atoms with van der Waals surface area (Å²) in [5.74, 6) is -1.62. The Kier molecular flexibility index (Phi) is 13.4. The van der Waals surface area contributed by atoms with E-state index in [0.29, 0.717) is 31.1 Å². The molecule has 0 aromatic heterocycles. The van der Waals surface area contributed by atoms with Crippen molar-refractivity contribution in [3.8, 4) is 11.5 Å². The summed E-state index contributed by atoms with van der Waals surface area (Å²) in [5.41, 5.74) is 0.816. The van der Waals surface area contributed by atoms with Gasteiger partial charge in [0.1, 0.15) is 18.0 Å². The zero-order valence-electron chi connectivity index (χ0n) is 26.9. The highest BCUT2D eigenvalue weighted by Crippen LogP contribution is 2.61. The van der Waals surface area contributed by atoms with Crippen molar-refractivity contribution >= 4 is 11.9 Å². The molecule has 2 fully saturated rings. The molecule has 0 amide bonds. The molecule has 0 N–H and O–H groups in total. The lowest BCUT2D eigenvalue weighted by Crippen LogP contribution is -2.33. The molecule has 1 saturated carbocycles. The lowest BCUT2D eigenvalue weighted by Gasteiger charge is -2.29. The maximum Gasteiger partial charge on any atom is 0.343 e. The van der Waals surface area contributed by atoms with E-state index in [1.165, 1.54) is 12.1 Å². The van der Waals surface area contributed by atoms with E-state index < -0.39 is 23.5 Å². The van der Waals surface area contributed by atoms with Gasteiger partial charge < -0.3 is 18.9 Å². The Bertz CT molecular complexity index is 1300. The molecule has 8 nitrogen and oxygen atoms in total. The minimum absolute atomic E-state index is 0.103. The maximum atomic E-state index is 15.1. The fourth-order valence-electron chi connectivity index (χ4n) is 6.07. The molecule has 1 aliphatic carbocycles. The molecule has 2 aliphatic rings. The van der Waals surface area contributed by atoms with Crippen molar-refractivity contribution in [1.82, 2.24) is 0 Å². The Morgan fingerprint density at radius 2 is 1.72 bits per heavy atom. The first kappa shape index (κ1) is 35.3. The maximum absolute atomic E-state index is 15.1. The number of halogens is 1. The van der Waals surface area contributed by atoms with Crippen LogP contribution >= 0.6 is 0 Å². The summed E-state index contributed by atoms with van der Waals surface area (Å²) in [4.78, 5) is 34.9. The normalized spacial score (nSPS) is 21.8. The van der Waals surface area contributed by atoms with Crippen LogP contribution in [0.25, 0.3) is 0 Å². The predicted molar refractivity (Wildman–Crippen MR) is 172 cm³/mol. The van der Waals surface area contributed by atoms with Gasteiger partial charge in [-0.1, -0.05) is 38.5 Å². The molecule has 4 rings (SSSR count). The molecule has 1 aliphatic heterocycles. The molecule has 1 heterocycles. The fourth-order valence-corrected chi connectivity index (χ4v) is 6.07. The Morgan fingerprint density at radius 3 is 2.39 bits per heavy atom. The third-order valence-electron chi connectivity index (χ3n) is 8.73. The van der Waals surface area contributed by atoms with Crippen LogP contribution in [0.1, 0.15) is 106 Å². The zero-order valence-corrected chi connectivity index (χ0v) is 26.9. The van der Waals surface area contributed by atoms with Gasteiger partial charge in [-0.2, -0.15) is 4.89 Å². The van der Waals surface area contributed by atoms with E-state index in [1.54, 1.807) is 30.3 Å². The number of carbonyl (C=O) groups excluding carboxylic acids is 2. The molecule has 250 valence electrons. The molecular weight excluding hydrogens is 591 g/mol. The molecule has 0 radical (unpaired) electrons. The largest absolute Gasteiger partial charge is 0.494 e. The van der Waals surface area contributed by atoms with Crippen LogP contribution in [0.15, 0.2) is 67.8 Å². The third-order valence-corrected chi connectivity index (χ3v) is 8.73. The second-order valence-electron chi connectivity index (χ2n) is 12.0. The minimum Gasteiger partial charge on any atom is -0.494 e. The van der Waals surface area contributed by atoms with Crippen LogP contribution in [-0.4, -0.2) is 43.1 Å². The average Bonchev–Trinajstić information content (AvgIpc) is 3.67. The van der Waals surface area contributed by atoms with Gasteiger partial charge in [-0.25, -0.2) is 18.9 Å². The number of hydrogen-bond donors (Lipinski definition) is 0. The van der Waals surface area contributed by atoms with Crippen LogP contribution in [0.3, 0.4) is 0 Å². The topological polar surface area (TPSA) is 92.8 Å². The van der Waals surface area contributed by atoms with Crippen LogP contribution < -0.4 is 9.47 Å². The van der Waals surface area contributed by atoms with Crippen molar-refractivity contribution in [2.75, 3.05) is 19.8 Å². The van der Waals surface area contributed by atoms with Crippen molar-refractivity contribution in [3.05, 3.63) is 84.7 Å². The van der Waals surface area contributed by atoms with Crippen molar-refractivity contribution in [2.24, 2.45) is 0 Å². The summed E-state index contributed by atoms with van der Waals surface area (Å²) >= 11 is 0. The second-order valence-corrected chi connectivity index (χ2v) is 12.0. The highest BCUT2D eigenvalue weighted by atomic mass is 19.1. The highest BCUT2D eigenvalue weighted by Gasteiger charge is 2.72. The monoisotopic (exact) mass is 638 g/mol.